The molecule has 0 saturated heterocycles. The molecule has 0 fully saturated rings. The molecule has 5 heteroatoms. The number of pyridine rings is 1. The third-order valence-electron chi connectivity index (χ3n) is 2.72. The fourth-order valence-corrected chi connectivity index (χ4v) is 1.68. The lowest BCUT2D eigenvalue weighted by Gasteiger charge is -2.09. The molecular formula is C14H17N3O2. The summed E-state index contributed by atoms with van der Waals surface area (Å²) in [6, 6.07) is 6.92. The van der Waals surface area contributed by atoms with Gasteiger partial charge in [-0.1, -0.05) is 13.8 Å². The Kier molecular flexibility index (Phi) is 3.85. The Morgan fingerprint density at radius 2 is 2.26 bits per heavy atom. The topological polar surface area (TPSA) is 81.2 Å². The van der Waals surface area contributed by atoms with Crippen molar-refractivity contribution < 1.29 is 9.21 Å². The van der Waals surface area contributed by atoms with Crippen molar-refractivity contribution in [2.24, 2.45) is 0 Å². The third-order valence-corrected chi connectivity index (χ3v) is 2.72. The van der Waals surface area contributed by atoms with Crippen LogP contribution >= 0.6 is 0 Å². The second kappa shape index (κ2) is 5.56. The molecule has 0 aliphatic heterocycles. The van der Waals surface area contributed by atoms with Crippen molar-refractivity contribution in [1.82, 2.24) is 10.3 Å². The van der Waals surface area contributed by atoms with Gasteiger partial charge in [0.25, 0.3) is 5.91 Å². The van der Waals surface area contributed by atoms with E-state index in [-0.39, 0.29) is 11.8 Å². The molecule has 0 unspecified atom stereocenters. The summed E-state index contributed by atoms with van der Waals surface area (Å²) in [6.45, 7) is 4.36. The van der Waals surface area contributed by atoms with Crippen LogP contribution in [0.1, 0.15) is 41.6 Å². The SMILES string of the molecule is CC(C)c1cc(C(=O)NCc2ccco2)cc(N)n1. The molecule has 0 aliphatic carbocycles. The number of amides is 1. The first-order chi connectivity index (χ1) is 9.06. The number of nitrogens with two attached hydrogens (primary N) is 1. The molecule has 0 atom stereocenters. The number of nitrogen functional groups attached to an aromatic ring is 1. The minimum atomic E-state index is -0.188. The van der Waals surface area contributed by atoms with Gasteiger partial charge in [-0.25, -0.2) is 4.98 Å². The van der Waals surface area contributed by atoms with E-state index >= 15 is 0 Å². The molecule has 3 N–H and O–H groups in total. The molecule has 1 amide bonds. The Bertz CT molecular complexity index is 562. The molecule has 19 heavy (non-hydrogen) atoms. The number of aromatic nitrogens is 1. The molecule has 2 aromatic rings. The van der Waals surface area contributed by atoms with Gasteiger partial charge in [-0.3, -0.25) is 4.79 Å². The summed E-state index contributed by atoms with van der Waals surface area (Å²) in [5, 5.41) is 2.78. The second-order valence-electron chi connectivity index (χ2n) is 4.62. The number of furan rings is 1. The van der Waals surface area contributed by atoms with E-state index in [2.05, 4.69) is 10.3 Å². The maximum atomic E-state index is 12.0. The van der Waals surface area contributed by atoms with Crippen molar-refractivity contribution in [3.8, 4) is 0 Å². The number of anilines is 1. The summed E-state index contributed by atoms with van der Waals surface area (Å²) < 4.78 is 5.15. The fourth-order valence-electron chi connectivity index (χ4n) is 1.68. The molecule has 100 valence electrons. The standard InChI is InChI=1S/C14H17N3O2/c1-9(2)12-6-10(7-13(15)17-12)14(18)16-8-11-4-3-5-19-11/h3-7,9H,8H2,1-2H3,(H2,15,17)(H,16,18). The smallest absolute Gasteiger partial charge is 0.251 e. The third kappa shape index (κ3) is 3.34. The quantitative estimate of drug-likeness (QED) is 0.882. The van der Waals surface area contributed by atoms with Crippen LogP contribution in [0.4, 0.5) is 5.82 Å². The van der Waals surface area contributed by atoms with E-state index in [9.17, 15) is 4.79 Å². The first kappa shape index (κ1) is 13.1. The van der Waals surface area contributed by atoms with Gasteiger partial charge in [0.2, 0.25) is 0 Å². The van der Waals surface area contributed by atoms with Gasteiger partial charge in [-0.2, -0.15) is 0 Å². The van der Waals surface area contributed by atoms with E-state index in [0.717, 1.165) is 5.69 Å². The van der Waals surface area contributed by atoms with E-state index in [1.165, 1.54) is 0 Å². The van der Waals surface area contributed by atoms with Crippen molar-refractivity contribution in [2.75, 3.05) is 5.73 Å². The van der Waals surface area contributed by atoms with Crippen LogP contribution in [0.3, 0.4) is 0 Å². The zero-order valence-corrected chi connectivity index (χ0v) is 11.0. The average Bonchev–Trinajstić information content (AvgIpc) is 2.88. The second-order valence-corrected chi connectivity index (χ2v) is 4.62. The molecule has 0 saturated carbocycles. The van der Waals surface area contributed by atoms with Crippen molar-refractivity contribution in [2.45, 2.75) is 26.3 Å². The lowest BCUT2D eigenvalue weighted by atomic mass is 10.1. The fraction of sp³-hybridized carbons (Fsp3) is 0.286. The van der Waals surface area contributed by atoms with Gasteiger partial charge < -0.3 is 15.5 Å². The molecule has 2 heterocycles. The van der Waals surface area contributed by atoms with Gasteiger partial charge in [-0.15, -0.1) is 0 Å². The summed E-state index contributed by atoms with van der Waals surface area (Å²) in [7, 11) is 0. The van der Waals surface area contributed by atoms with Gasteiger partial charge in [0.05, 0.1) is 12.8 Å². The van der Waals surface area contributed by atoms with E-state index < -0.39 is 0 Å². The van der Waals surface area contributed by atoms with Crippen molar-refractivity contribution in [3.05, 3.63) is 47.5 Å². The van der Waals surface area contributed by atoms with Crippen LogP contribution in [0.5, 0.6) is 0 Å². The Balaban J connectivity index is 2.10. The van der Waals surface area contributed by atoms with E-state index in [4.69, 9.17) is 10.2 Å². The molecule has 0 spiro atoms. The van der Waals surface area contributed by atoms with E-state index in [1.54, 1.807) is 30.5 Å². The Morgan fingerprint density at radius 3 is 2.89 bits per heavy atom. The Hall–Kier alpha value is -2.30. The van der Waals surface area contributed by atoms with Crippen LogP contribution in [-0.4, -0.2) is 10.9 Å². The first-order valence-corrected chi connectivity index (χ1v) is 6.14. The van der Waals surface area contributed by atoms with Crippen molar-refractivity contribution >= 4 is 11.7 Å². The molecule has 0 bridgehead atoms. The highest BCUT2D eigenvalue weighted by molar-refractivity contribution is 5.94. The summed E-state index contributed by atoms with van der Waals surface area (Å²) in [6.07, 6.45) is 1.57. The summed E-state index contributed by atoms with van der Waals surface area (Å²) >= 11 is 0. The molecule has 0 aliphatic rings. The summed E-state index contributed by atoms with van der Waals surface area (Å²) in [4.78, 5) is 16.2. The number of hydrogen-bond donors (Lipinski definition) is 2. The van der Waals surface area contributed by atoms with Gasteiger partial charge in [0.15, 0.2) is 0 Å². The predicted molar refractivity (Wildman–Crippen MR) is 72.6 cm³/mol. The van der Waals surface area contributed by atoms with Gasteiger partial charge in [0.1, 0.15) is 11.6 Å². The zero-order valence-electron chi connectivity index (χ0n) is 11.0. The lowest BCUT2D eigenvalue weighted by molar-refractivity contribution is 0.0948. The van der Waals surface area contributed by atoms with Crippen LogP contribution < -0.4 is 11.1 Å². The van der Waals surface area contributed by atoms with Gasteiger partial charge in [-0.05, 0) is 30.2 Å². The Labute approximate surface area is 111 Å². The normalized spacial score (nSPS) is 10.7. The Morgan fingerprint density at radius 1 is 1.47 bits per heavy atom. The minimum Gasteiger partial charge on any atom is -0.467 e. The highest BCUT2D eigenvalue weighted by atomic mass is 16.3. The predicted octanol–water partition coefficient (Wildman–Crippen LogP) is 2.31. The number of rotatable bonds is 4. The van der Waals surface area contributed by atoms with E-state index in [1.807, 2.05) is 13.8 Å². The molecule has 0 radical (unpaired) electrons. The number of hydrogen-bond acceptors (Lipinski definition) is 4. The van der Waals surface area contributed by atoms with Crippen LogP contribution in [0, 0.1) is 0 Å². The maximum absolute atomic E-state index is 12.0. The van der Waals surface area contributed by atoms with Crippen LogP contribution in [0.2, 0.25) is 0 Å². The van der Waals surface area contributed by atoms with Crippen LogP contribution in [-0.2, 0) is 6.54 Å². The number of nitrogens with one attached hydrogen (secondary N) is 1. The molecule has 5 nitrogen and oxygen atoms in total. The lowest BCUT2D eigenvalue weighted by Crippen LogP contribution is -2.23. The van der Waals surface area contributed by atoms with Crippen LogP contribution in [0.15, 0.2) is 34.9 Å². The van der Waals surface area contributed by atoms with Gasteiger partial charge >= 0.3 is 0 Å². The monoisotopic (exact) mass is 259 g/mol. The van der Waals surface area contributed by atoms with E-state index in [0.29, 0.717) is 23.7 Å². The number of nitrogens with zero attached hydrogens (tertiary/aromatic N) is 1. The van der Waals surface area contributed by atoms with Gasteiger partial charge in [0, 0.05) is 11.3 Å². The largest absolute Gasteiger partial charge is 0.467 e. The van der Waals surface area contributed by atoms with Crippen molar-refractivity contribution in [3.63, 3.8) is 0 Å². The average molecular weight is 259 g/mol. The highest BCUT2D eigenvalue weighted by Gasteiger charge is 2.11. The molecule has 2 aromatic heterocycles. The molecule has 2 rings (SSSR count). The molecular weight excluding hydrogens is 242 g/mol. The number of carbonyl (C=O) groups is 1. The molecule has 0 aromatic carbocycles. The number of carbonyl (C=O) groups excluding carboxylic acids is 1. The summed E-state index contributed by atoms with van der Waals surface area (Å²) in [5.41, 5.74) is 7.04. The maximum Gasteiger partial charge on any atom is 0.251 e. The van der Waals surface area contributed by atoms with Crippen LogP contribution in [0.25, 0.3) is 0 Å². The highest BCUT2D eigenvalue weighted by Crippen LogP contribution is 2.16. The summed E-state index contributed by atoms with van der Waals surface area (Å²) in [5.74, 6) is 1.10. The minimum absolute atomic E-state index is 0.188. The van der Waals surface area contributed by atoms with Crippen molar-refractivity contribution in [1.29, 1.82) is 0 Å². The zero-order chi connectivity index (χ0) is 13.8. The first-order valence-electron chi connectivity index (χ1n) is 6.14.